The molecule has 1 aromatic carbocycles. The summed E-state index contributed by atoms with van der Waals surface area (Å²) in [7, 11) is 2.00. The third-order valence-corrected chi connectivity index (χ3v) is 2.54. The van der Waals surface area contributed by atoms with E-state index in [2.05, 4.69) is 4.98 Å². The Bertz CT molecular complexity index is 480. The van der Waals surface area contributed by atoms with Crippen molar-refractivity contribution in [2.24, 2.45) is 0 Å². The number of nitrogens with zero attached hydrogens (tertiary/aromatic N) is 1. The van der Waals surface area contributed by atoms with Gasteiger partial charge in [0.1, 0.15) is 0 Å². The molecule has 0 fully saturated rings. The van der Waals surface area contributed by atoms with Gasteiger partial charge >= 0.3 is 0 Å². The minimum Gasteiger partial charge on any atom is -0.397 e. The number of aryl methyl sites for hydroxylation is 1. The summed E-state index contributed by atoms with van der Waals surface area (Å²) in [5, 5.41) is 0. The Balaban J connectivity index is 2.59. The van der Waals surface area contributed by atoms with Crippen LogP contribution in [0.15, 0.2) is 36.4 Å². The highest BCUT2D eigenvalue weighted by Gasteiger charge is 2.05. The number of hydrogen-bond acceptors (Lipinski definition) is 2. The number of aromatic nitrogens is 1. The van der Waals surface area contributed by atoms with E-state index in [4.69, 9.17) is 5.73 Å². The van der Waals surface area contributed by atoms with Crippen molar-refractivity contribution in [1.82, 2.24) is 4.98 Å². The zero-order chi connectivity index (χ0) is 10.8. The maximum absolute atomic E-state index is 5.96. The minimum absolute atomic E-state index is 0.740. The lowest BCUT2D eigenvalue weighted by atomic mass is 9.96. The van der Waals surface area contributed by atoms with Crippen LogP contribution in [0.2, 0.25) is 0 Å². The first-order chi connectivity index (χ1) is 7.18. The summed E-state index contributed by atoms with van der Waals surface area (Å²) in [6.45, 7) is 2.02. The molecule has 2 N–H and O–H groups in total. The maximum atomic E-state index is 5.96. The molecule has 0 atom stereocenters. The Hall–Kier alpha value is -1.77. The zero-order valence-electron chi connectivity index (χ0n) is 8.99. The molecule has 1 aromatic heterocycles. The predicted molar refractivity (Wildman–Crippen MR) is 67.0 cm³/mol. The summed E-state index contributed by atoms with van der Waals surface area (Å²) in [5.74, 6) is 0. The van der Waals surface area contributed by atoms with E-state index >= 15 is 0 Å². The van der Waals surface area contributed by atoms with Crippen LogP contribution in [0.3, 0.4) is 0 Å². The molecule has 0 bridgehead atoms. The first-order valence-corrected chi connectivity index (χ1v) is 4.97. The number of nitrogens with two attached hydrogens (primary N) is 1. The fourth-order valence-electron chi connectivity index (χ4n) is 1.55. The van der Waals surface area contributed by atoms with E-state index in [1.54, 1.807) is 0 Å². The van der Waals surface area contributed by atoms with Gasteiger partial charge in [0.2, 0.25) is 0 Å². The van der Waals surface area contributed by atoms with Crippen molar-refractivity contribution in [3.05, 3.63) is 42.0 Å². The number of hydrogen-bond donors (Lipinski definition) is 1. The van der Waals surface area contributed by atoms with E-state index in [0.29, 0.717) is 0 Å². The smallest absolute Gasteiger partial charge is 0.164 e. The third kappa shape index (κ3) is 1.86. The SMILES string of the molecule is Bc1nc(-c2ccccc2)c(N)cc1C. The number of nitrogen functional groups attached to an aromatic ring is 1. The van der Waals surface area contributed by atoms with Gasteiger partial charge in [-0.1, -0.05) is 30.3 Å². The summed E-state index contributed by atoms with van der Waals surface area (Å²) in [4.78, 5) is 4.52. The molecular formula is C12H13BN2. The summed E-state index contributed by atoms with van der Waals surface area (Å²) in [6, 6.07) is 12.0. The lowest BCUT2D eigenvalue weighted by molar-refractivity contribution is 1.33. The molecule has 2 rings (SSSR count). The number of benzene rings is 1. The molecular weight excluding hydrogens is 183 g/mol. The van der Waals surface area contributed by atoms with Crippen molar-refractivity contribution < 1.29 is 0 Å². The predicted octanol–water partition coefficient (Wildman–Crippen LogP) is 0.898. The third-order valence-electron chi connectivity index (χ3n) is 2.54. The topological polar surface area (TPSA) is 38.9 Å². The van der Waals surface area contributed by atoms with Crippen LogP contribution in [0.4, 0.5) is 5.69 Å². The van der Waals surface area contributed by atoms with E-state index in [0.717, 1.165) is 28.1 Å². The van der Waals surface area contributed by atoms with Gasteiger partial charge in [-0.05, 0) is 24.1 Å². The van der Waals surface area contributed by atoms with Crippen LogP contribution in [0, 0.1) is 6.92 Å². The van der Waals surface area contributed by atoms with Crippen LogP contribution in [-0.4, -0.2) is 12.8 Å². The number of anilines is 1. The van der Waals surface area contributed by atoms with E-state index in [-0.39, 0.29) is 0 Å². The molecule has 0 saturated heterocycles. The molecule has 0 unspecified atom stereocenters. The van der Waals surface area contributed by atoms with Crippen molar-refractivity contribution >= 4 is 19.1 Å². The van der Waals surface area contributed by atoms with Crippen molar-refractivity contribution in [2.75, 3.05) is 5.73 Å². The molecule has 0 aliphatic rings. The second-order valence-electron chi connectivity index (χ2n) is 3.69. The molecule has 2 aromatic rings. The number of pyridine rings is 1. The van der Waals surface area contributed by atoms with Gasteiger partial charge < -0.3 is 5.73 Å². The van der Waals surface area contributed by atoms with Crippen LogP contribution in [-0.2, 0) is 0 Å². The number of rotatable bonds is 1. The van der Waals surface area contributed by atoms with Crippen LogP contribution in [0.5, 0.6) is 0 Å². The second kappa shape index (κ2) is 3.77. The van der Waals surface area contributed by atoms with Gasteiger partial charge in [0.25, 0.3) is 0 Å². The fourth-order valence-corrected chi connectivity index (χ4v) is 1.55. The average Bonchev–Trinajstić information content (AvgIpc) is 2.25. The van der Waals surface area contributed by atoms with Crippen molar-refractivity contribution in [2.45, 2.75) is 6.92 Å². The van der Waals surface area contributed by atoms with E-state index in [1.165, 1.54) is 0 Å². The Kier molecular flexibility index (Phi) is 2.46. The summed E-state index contributed by atoms with van der Waals surface area (Å²) in [6.07, 6.45) is 0. The highest BCUT2D eigenvalue weighted by molar-refractivity contribution is 6.31. The summed E-state index contributed by atoms with van der Waals surface area (Å²) >= 11 is 0. The highest BCUT2D eigenvalue weighted by Crippen LogP contribution is 2.22. The molecule has 0 radical (unpaired) electrons. The molecule has 1 heterocycles. The largest absolute Gasteiger partial charge is 0.397 e. The highest BCUT2D eigenvalue weighted by atomic mass is 14.7. The van der Waals surface area contributed by atoms with Crippen molar-refractivity contribution in [3.8, 4) is 11.3 Å². The molecule has 15 heavy (non-hydrogen) atoms. The summed E-state index contributed by atoms with van der Waals surface area (Å²) < 4.78 is 0. The minimum atomic E-state index is 0.740. The maximum Gasteiger partial charge on any atom is 0.164 e. The van der Waals surface area contributed by atoms with Gasteiger partial charge in [-0.25, -0.2) is 0 Å². The molecule has 0 aliphatic carbocycles. The average molecular weight is 196 g/mol. The molecule has 3 heteroatoms. The van der Waals surface area contributed by atoms with Crippen molar-refractivity contribution in [3.63, 3.8) is 0 Å². The zero-order valence-corrected chi connectivity index (χ0v) is 8.99. The Morgan fingerprint density at radius 3 is 2.53 bits per heavy atom. The van der Waals surface area contributed by atoms with Crippen molar-refractivity contribution in [1.29, 1.82) is 0 Å². The molecule has 0 amide bonds. The normalized spacial score (nSPS) is 10.2. The van der Waals surface area contributed by atoms with Gasteiger partial charge in [0.15, 0.2) is 7.85 Å². The van der Waals surface area contributed by atoms with Gasteiger partial charge in [0, 0.05) is 5.56 Å². The van der Waals surface area contributed by atoms with Crippen LogP contribution in [0.25, 0.3) is 11.3 Å². The first-order valence-electron chi connectivity index (χ1n) is 4.97. The molecule has 0 spiro atoms. The lowest BCUT2D eigenvalue weighted by Crippen LogP contribution is -2.14. The fraction of sp³-hybridized carbons (Fsp3) is 0.0833. The lowest BCUT2D eigenvalue weighted by Gasteiger charge is -2.08. The van der Waals surface area contributed by atoms with E-state index < -0.39 is 0 Å². The standard InChI is InChI=1S/C12H13BN2/c1-8-7-10(14)11(15-12(8)13)9-5-3-2-4-6-9/h2-7H,13-14H2,1H3. The van der Waals surface area contributed by atoms with Gasteiger partial charge in [0.05, 0.1) is 11.4 Å². The first kappa shape index (κ1) is 9.78. The van der Waals surface area contributed by atoms with Gasteiger partial charge in [-0.2, -0.15) is 0 Å². The Labute approximate surface area is 90.6 Å². The van der Waals surface area contributed by atoms with Gasteiger partial charge in [-0.3, -0.25) is 4.98 Å². The van der Waals surface area contributed by atoms with Gasteiger partial charge in [-0.15, -0.1) is 0 Å². The van der Waals surface area contributed by atoms with Crippen LogP contribution < -0.4 is 11.3 Å². The Morgan fingerprint density at radius 1 is 1.20 bits per heavy atom. The molecule has 0 saturated carbocycles. The molecule has 2 nitrogen and oxygen atoms in total. The quantitative estimate of drug-likeness (QED) is 0.688. The van der Waals surface area contributed by atoms with Crippen LogP contribution >= 0.6 is 0 Å². The summed E-state index contributed by atoms with van der Waals surface area (Å²) in [5.41, 5.74) is 10.8. The van der Waals surface area contributed by atoms with E-state index in [1.807, 2.05) is 51.2 Å². The van der Waals surface area contributed by atoms with E-state index in [9.17, 15) is 0 Å². The van der Waals surface area contributed by atoms with Crippen LogP contribution in [0.1, 0.15) is 5.56 Å². The second-order valence-corrected chi connectivity index (χ2v) is 3.69. The monoisotopic (exact) mass is 196 g/mol. The molecule has 0 aliphatic heterocycles. The Morgan fingerprint density at radius 2 is 1.87 bits per heavy atom. The molecule has 74 valence electrons.